The van der Waals surface area contributed by atoms with Gasteiger partial charge in [0, 0.05) is 12.4 Å². The van der Waals surface area contributed by atoms with Crippen molar-refractivity contribution in [2.75, 3.05) is 18.1 Å². The van der Waals surface area contributed by atoms with Crippen molar-refractivity contribution in [1.29, 1.82) is 0 Å². The lowest BCUT2D eigenvalue weighted by atomic mass is 9.80. The van der Waals surface area contributed by atoms with Crippen LogP contribution in [0.15, 0.2) is 0 Å². The molecule has 3 N–H and O–H groups in total. The minimum Gasteiger partial charge on any atom is -0.374 e. The van der Waals surface area contributed by atoms with Crippen LogP contribution in [0.3, 0.4) is 0 Å². The van der Waals surface area contributed by atoms with Crippen LogP contribution in [0.5, 0.6) is 0 Å². The predicted molar refractivity (Wildman–Crippen MR) is 82.7 cm³/mol. The first-order valence-electron chi connectivity index (χ1n) is 7.27. The summed E-state index contributed by atoms with van der Waals surface area (Å²) in [6, 6.07) is 0.163. The molecule has 20 heavy (non-hydrogen) atoms. The van der Waals surface area contributed by atoms with Crippen molar-refractivity contribution >= 4 is 23.3 Å². The van der Waals surface area contributed by atoms with Gasteiger partial charge in [-0.1, -0.05) is 11.4 Å². The number of hydrogen-bond donors (Lipinski definition) is 2. The van der Waals surface area contributed by atoms with E-state index in [0.29, 0.717) is 5.92 Å². The summed E-state index contributed by atoms with van der Waals surface area (Å²) in [6.45, 7) is 2.96. The van der Waals surface area contributed by atoms with Crippen LogP contribution in [0.1, 0.15) is 42.8 Å². The molecule has 2 fully saturated rings. The molecule has 0 amide bonds. The second-order valence-corrected chi connectivity index (χ2v) is 7.56. The smallest absolute Gasteiger partial charge is 0.0801 e. The lowest BCUT2D eigenvalue weighted by Gasteiger charge is -2.40. The van der Waals surface area contributed by atoms with Gasteiger partial charge in [-0.05, 0) is 48.9 Å². The summed E-state index contributed by atoms with van der Waals surface area (Å²) in [7, 11) is 0. The topological polar surface area (TPSA) is 73.1 Å². The molecule has 2 saturated heterocycles. The van der Waals surface area contributed by atoms with E-state index in [1.807, 2.05) is 11.8 Å². The molecule has 112 valence electrons. The molecule has 3 atom stereocenters. The number of aromatic nitrogens is 2. The molecule has 7 heteroatoms. The average molecular weight is 314 g/mol. The van der Waals surface area contributed by atoms with E-state index in [1.54, 1.807) is 0 Å². The third kappa shape index (κ3) is 2.74. The van der Waals surface area contributed by atoms with Gasteiger partial charge in [0.25, 0.3) is 0 Å². The van der Waals surface area contributed by atoms with Crippen LogP contribution in [-0.4, -0.2) is 33.3 Å². The molecule has 5 nitrogen and oxygen atoms in total. The highest BCUT2D eigenvalue weighted by molar-refractivity contribution is 7.99. The number of thioether (sulfide) groups is 1. The zero-order valence-electron chi connectivity index (χ0n) is 11.8. The minimum atomic E-state index is 0.0905. The molecule has 3 rings (SSSR count). The summed E-state index contributed by atoms with van der Waals surface area (Å²) in [5.41, 5.74) is 4.20. The maximum atomic E-state index is 6.11. The second-order valence-electron chi connectivity index (χ2n) is 5.67. The van der Waals surface area contributed by atoms with Gasteiger partial charge in [-0.15, -0.1) is 5.10 Å². The average Bonchev–Trinajstić information content (AvgIpc) is 3.10. The normalized spacial score (nSPS) is 31.8. The molecule has 2 aliphatic rings. The van der Waals surface area contributed by atoms with E-state index in [4.69, 9.17) is 10.6 Å². The van der Waals surface area contributed by atoms with Gasteiger partial charge in [0.1, 0.15) is 0 Å². The number of ether oxygens (including phenoxy) is 1. The zero-order chi connectivity index (χ0) is 14.0. The molecule has 1 aromatic rings. The van der Waals surface area contributed by atoms with Crippen molar-refractivity contribution in [3.63, 3.8) is 0 Å². The third-order valence-electron chi connectivity index (χ3n) is 4.45. The Morgan fingerprint density at radius 3 is 3.20 bits per heavy atom. The predicted octanol–water partition coefficient (Wildman–Crippen LogP) is 1.91. The standard InChI is InChI=1S/C13H22N4OS2/c1-2-10-12(20-17-16-10)11(15-14)9-3-5-18-13(7-9)4-6-19-8-13/h9,11,15H,2-8,14H2,1H3. The lowest BCUT2D eigenvalue weighted by Crippen LogP contribution is -2.45. The highest BCUT2D eigenvalue weighted by atomic mass is 32.2. The number of aryl methyl sites for hydroxylation is 1. The van der Waals surface area contributed by atoms with Crippen LogP contribution in [0.25, 0.3) is 0 Å². The molecule has 0 aliphatic carbocycles. The summed E-state index contributed by atoms with van der Waals surface area (Å²) in [5, 5.41) is 4.22. The Labute approximate surface area is 128 Å². The van der Waals surface area contributed by atoms with Gasteiger partial charge in [0.05, 0.1) is 22.2 Å². The molecule has 1 aromatic heterocycles. The Balaban J connectivity index is 1.78. The third-order valence-corrected chi connectivity index (χ3v) is 6.52. The van der Waals surface area contributed by atoms with Crippen LogP contribution >= 0.6 is 23.3 Å². The Morgan fingerprint density at radius 2 is 2.50 bits per heavy atom. The van der Waals surface area contributed by atoms with Crippen LogP contribution in [-0.2, 0) is 11.2 Å². The van der Waals surface area contributed by atoms with Crippen LogP contribution in [0, 0.1) is 5.92 Å². The minimum absolute atomic E-state index is 0.0905. The van der Waals surface area contributed by atoms with E-state index >= 15 is 0 Å². The van der Waals surface area contributed by atoms with Crippen molar-refractivity contribution in [3.05, 3.63) is 10.6 Å². The molecule has 3 heterocycles. The maximum Gasteiger partial charge on any atom is 0.0801 e. The van der Waals surface area contributed by atoms with Crippen LogP contribution in [0.2, 0.25) is 0 Å². The summed E-state index contributed by atoms with van der Waals surface area (Å²) >= 11 is 3.49. The highest BCUT2D eigenvalue weighted by Crippen LogP contribution is 2.44. The molecule has 1 spiro atoms. The fourth-order valence-electron chi connectivity index (χ4n) is 3.34. The van der Waals surface area contributed by atoms with Crippen molar-refractivity contribution in [2.24, 2.45) is 11.8 Å². The Morgan fingerprint density at radius 1 is 1.60 bits per heavy atom. The van der Waals surface area contributed by atoms with E-state index in [9.17, 15) is 0 Å². The van der Waals surface area contributed by atoms with Crippen molar-refractivity contribution < 1.29 is 4.74 Å². The summed E-state index contributed by atoms with van der Waals surface area (Å²) < 4.78 is 10.2. The molecular formula is C13H22N4OS2. The van der Waals surface area contributed by atoms with Gasteiger partial charge in [0.2, 0.25) is 0 Å². The first-order valence-corrected chi connectivity index (χ1v) is 9.20. The molecule has 3 unspecified atom stereocenters. The highest BCUT2D eigenvalue weighted by Gasteiger charge is 2.43. The first kappa shape index (κ1) is 14.7. The lowest BCUT2D eigenvalue weighted by molar-refractivity contribution is -0.0853. The van der Waals surface area contributed by atoms with Crippen molar-refractivity contribution in [3.8, 4) is 0 Å². The number of nitrogens with two attached hydrogens (primary N) is 1. The van der Waals surface area contributed by atoms with E-state index in [2.05, 4.69) is 21.9 Å². The molecular weight excluding hydrogens is 292 g/mol. The number of hydrogen-bond acceptors (Lipinski definition) is 7. The van der Waals surface area contributed by atoms with Gasteiger partial charge in [-0.25, -0.2) is 0 Å². The van der Waals surface area contributed by atoms with Crippen LogP contribution in [0.4, 0.5) is 0 Å². The van der Waals surface area contributed by atoms with Gasteiger partial charge < -0.3 is 4.74 Å². The largest absolute Gasteiger partial charge is 0.374 e. The number of nitrogens with one attached hydrogen (secondary N) is 1. The second kappa shape index (κ2) is 6.27. The van der Waals surface area contributed by atoms with Gasteiger partial charge >= 0.3 is 0 Å². The van der Waals surface area contributed by atoms with E-state index in [1.165, 1.54) is 28.6 Å². The fraction of sp³-hybridized carbons (Fsp3) is 0.846. The Kier molecular flexibility index (Phi) is 4.62. The van der Waals surface area contributed by atoms with Crippen molar-refractivity contribution in [1.82, 2.24) is 15.0 Å². The zero-order valence-corrected chi connectivity index (χ0v) is 13.4. The summed E-state index contributed by atoms with van der Waals surface area (Å²) in [5.74, 6) is 8.72. The summed E-state index contributed by atoms with van der Waals surface area (Å²) in [4.78, 5) is 1.21. The number of hydrazine groups is 1. The summed E-state index contributed by atoms with van der Waals surface area (Å²) in [6.07, 6.45) is 4.24. The van der Waals surface area contributed by atoms with Gasteiger partial charge in [0.15, 0.2) is 0 Å². The van der Waals surface area contributed by atoms with E-state index in [-0.39, 0.29) is 11.6 Å². The molecule has 0 aromatic carbocycles. The molecule has 0 radical (unpaired) electrons. The van der Waals surface area contributed by atoms with Crippen LogP contribution < -0.4 is 11.3 Å². The van der Waals surface area contributed by atoms with E-state index < -0.39 is 0 Å². The Hall–Kier alpha value is -0.210. The Bertz CT molecular complexity index is 447. The van der Waals surface area contributed by atoms with E-state index in [0.717, 1.165) is 37.3 Å². The molecule has 2 aliphatic heterocycles. The SMILES string of the molecule is CCc1nnsc1C(NN)C1CCOC2(CCSC2)C1. The quantitative estimate of drug-likeness (QED) is 0.653. The molecule has 0 bridgehead atoms. The van der Waals surface area contributed by atoms with Gasteiger partial charge in [-0.2, -0.15) is 11.8 Å². The maximum absolute atomic E-state index is 6.11. The fourth-order valence-corrected chi connectivity index (χ4v) is 5.61. The first-order chi connectivity index (χ1) is 9.78. The monoisotopic (exact) mass is 314 g/mol. The number of nitrogens with zero attached hydrogens (tertiary/aromatic N) is 2. The van der Waals surface area contributed by atoms with Crippen molar-refractivity contribution in [2.45, 2.75) is 44.2 Å². The van der Waals surface area contributed by atoms with Gasteiger partial charge in [-0.3, -0.25) is 11.3 Å². The number of rotatable bonds is 4. The molecule has 0 saturated carbocycles.